The minimum atomic E-state index is -1.82. The molecule has 0 radical (unpaired) electrons. The predicted octanol–water partition coefficient (Wildman–Crippen LogP) is 3.03. The molecule has 1 aliphatic heterocycles. The van der Waals surface area contributed by atoms with E-state index in [0.29, 0.717) is 29.7 Å². The lowest BCUT2D eigenvalue weighted by atomic mass is 9.71. The van der Waals surface area contributed by atoms with Crippen LogP contribution in [0.5, 0.6) is 0 Å². The fraction of sp³-hybridized carbons (Fsp3) is 0.222. The minimum Gasteiger partial charge on any atom is -0.375 e. The number of benzene rings is 2. The number of carbonyl (C=O) groups is 2. The predicted molar refractivity (Wildman–Crippen MR) is 89.3 cm³/mol. The number of hydrogen-bond acceptors (Lipinski definition) is 3. The molecule has 1 aliphatic carbocycles. The summed E-state index contributed by atoms with van der Waals surface area (Å²) in [5, 5.41) is 13.9. The zero-order valence-electron chi connectivity index (χ0n) is 12.2. The van der Waals surface area contributed by atoms with Crippen LogP contribution < -0.4 is 5.32 Å². The van der Waals surface area contributed by atoms with Crippen LogP contribution in [0.4, 0.5) is 5.69 Å². The highest BCUT2D eigenvalue weighted by molar-refractivity contribution is 9.10. The van der Waals surface area contributed by atoms with E-state index >= 15 is 0 Å². The molecule has 0 saturated carbocycles. The molecule has 2 N–H and O–H groups in total. The Kier molecular flexibility index (Phi) is 3.18. The third-order valence-corrected chi connectivity index (χ3v) is 5.29. The van der Waals surface area contributed by atoms with Gasteiger partial charge in [0.25, 0.3) is 5.91 Å². The number of nitrogens with one attached hydrogen (secondary N) is 1. The first kappa shape index (κ1) is 14.6. The summed E-state index contributed by atoms with van der Waals surface area (Å²) in [5.74, 6) is -1.46. The molecule has 0 spiro atoms. The lowest BCUT2D eigenvalue weighted by molar-refractivity contribution is -0.138. The monoisotopic (exact) mass is 371 g/mol. The van der Waals surface area contributed by atoms with Gasteiger partial charge in [0.2, 0.25) is 0 Å². The van der Waals surface area contributed by atoms with Crippen molar-refractivity contribution in [1.29, 1.82) is 0 Å². The van der Waals surface area contributed by atoms with E-state index in [0.717, 1.165) is 10.0 Å². The average molecular weight is 372 g/mol. The van der Waals surface area contributed by atoms with Gasteiger partial charge in [0.1, 0.15) is 0 Å². The van der Waals surface area contributed by atoms with E-state index in [1.807, 2.05) is 18.2 Å². The number of hydrogen-bond donors (Lipinski definition) is 2. The summed E-state index contributed by atoms with van der Waals surface area (Å²) in [7, 11) is 0. The SMILES string of the molecule is O=C1c2ccccc2CCC1C1(O)C(=O)Nc2ccc(Br)cc21. The molecule has 23 heavy (non-hydrogen) atoms. The van der Waals surface area contributed by atoms with Crippen LogP contribution in [0.3, 0.4) is 0 Å². The quantitative estimate of drug-likeness (QED) is 0.809. The number of ketones is 1. The van der Waals surface area contributed by atoms with Crippen LogP contribution in [0, 0.1) is 5.92 Å². The minimum absolute atomic E-state index is 0.169. The van der Waals surface area contributed by atoms with Crippen molar-refractivity contribution in [3.8, 4) is 0 Å². The summed E-state index contributed by atoms with van der Waals surface area (Å²) in [6.07, 6.45) is 1.12. The number of amides is 1. The number of halogens is 1. The zero-order chi connectivity index (χ0) is 16.2. The van der Waals surface area contributed by atoms with Crippen molar-refractivity contribution in [2.24, 2.45) is 5.92 Å². The Hall–Kier alpha value is -1.98. The van der Waals surface area contributed by atoms with Gasteiger partial charge < -0.3 is 10.4 Å². The van der Waals surface area contributed by atoms with Crippen molar-refractivity contribution in [2.45, 2.75) is 18.4 Å². The number of carbonyl (C=O) groups excluding carboxylic acids is 2. The lowest BCUT2D eigenvalue weighted by Crippen LogP contribution is -2.47. The van der Waals surface area contributed by atoms with Crippen LogP contribution in [0.15, 0.2) is 46.9 Å². The molecule has 1 heterocycles. The molecule has 0 fully saturated rings. The van der Waals surface area contributed by atoms with Crippen molar-refractivity contribution in [2.75, 3.05) is 5.32 Å². The van der Waals surface area contributed by atoms with Crippen LogP contribution >= 0.6 is 15.9 Å². The lowest BCUT2D eigenvalue weighted by Gasteiger charge is -2.33. The second kappa shape index (κ2) is 5.01. The molecule has 0 bridgehead atoms. The molecule has 2 atom stereocenters. The Balaban J connectivity index is 1.84. The van der Waals surface area contributed by atoms with Gasteiger partial charge in [0.15, 0.2) is 11.4 Å². The second-order valence-corrected chi connectivity index (χ2v) is 6.94. The Labute approximate surface area is 141 Å². The van der Waals surface area contributed by atoms with Crippen molar-refractivity contribution in [3.63, 3.8) is 0 Å². The summed E-state index contributed by atoms with van der Waals surface area (Å²) in [5.41, 5.74) is 0.796. The molecule has 1 amide bonds. The maximum Gasteiger partial charge on any atom is 0.261 e. The standard InChI is InChI=1S/C18H14BrNO3/c19-11-6-8-15-14(9-11)18(23,17(22)20-15)13-7-5-10-3-1-2-4-12(10)16(13)21/h1-4,6,8-9,13,23H,5,7H2,(H,20,22). The van der Waals surface area contributed by atoms with Gasteiger partial charge in [-0.2, -0.15) is 0 Å². The van der Waals surface area contributed by atoms with Gasteiger partial charge in [-0.05, 0) is 36.6 Å². The van der Waals surface area contributed by atoms with E-state index in [-0.39, 0.29) is 5.78 Å². The number of fused-ring (bicyclic) bond motifs is 2. The fourth-order valence-electron chi connectivity index (χ4n) is 3.62. The van der Waals surface area contributed by atoms with Crippen LogP contribution in [-0.2, 0) is 16.8 Å². The first-order valence-corrected chi connectivity index (χ1v) is 8.27. The Morgan fingerprint density at radius 2 is 1.96 bits per heavy atom. The number of Topliss-reactive ketones (excluding diaryl/α,β-unsaturated/α-hetero) is 1. The molecular formula is C18H14BrNO3. The van der Waals surface area contributed by atoms with E-state index < -0.39 is 17.4 Å². The average Bonchev–Trinajstić information content (AvgIpc) is 2.80. The number of rotatable bonds is 1. The van der Waals surface area contributed by atoms with Crippen molar-refractivity contribution in [1.82, 2.24) is 0 Å². The Morgan fingerprint density at radius 3 is 2.78 bits per heavy atom. The summed E-state index contributed by atoms with van der Waals surface area (Å²) >= 11 is 3.37. The summed E-state index contributed by atoms with van der Waals surface area (Å²) in [4.78, 5) is 25.4. The van der Waals surface area contributed by atoms with Gasteiger partial charge in [-0.1, -0.05) is 40.2 Å². The summed E-state index contributed by atoms with van der Waals surface area (Å²) < 4.78 is 0.759. The molecule has 4 nitrogen and oxygen atoms in total. The molecule has 2 aliphatic rings. The van der Waals surface area contributed by atoms with Crippen LogP contribution in [-0.4, -0.2) is 16.8 Å². The smallest absolute Gasteiger partial charge is 0.261 e. The van der Waals surface area contributed by atoms with E-state index in [1.165, 1.54) is 0 Å². The van der Waals surface area contributed by atoms with Crippen LogP contribution in [0.1, 0.15) is 27.9 Å². The summed E-state index contributed by atoms with van der Waals surface area (Å²) in [6.45, 7) is 0. The molecule has 0 saturated heterocycles. The number of aryl methyl sites for hydroxylation is 1. The van der Waals surface area contributed by atoms with Gasteiger partial charge in [-0.3, -0.25) is 9.59 Å². The molecule has 4 rings (SSSR count). The van der Waals surface area contributed by atoms with Crippen molar-refractivity contribution < 1.29 is 14.7 Å². The molecule has 2 aromatic carbocycles. The van der Waals surface area contributed by atoms with Gasteiger partial charge in [0.05, 0.1) is 5.92 Å². The van der Waals surface area contributed by atoms with Gasteiger partial charge in [0, 0.05) is 21.3 Å². The van der Waals surface area contributed by atoms with Crippen molar-refractivity contribution in [3.05, 3.63) is 63.6 Å². The van der Waals surface area contributed by atoms with Crippen molar-refractivity contribution >= 4 is 33.3 Å². The summed E-state index contributed by atoms with van der Waals surface area (Å²) in [6, 6.07) is 12.6. The highest BCUT2D eigenvalue weighted by Gasteiger charge is 2.54. The van der Waals surface area contributed by atoms with Crippen LogP contribution in [0.25, 0.3) is 0 Å². The third-order valence-electron chi connectivity index (χ3n) is 4.79. The Bertz CT molecular complexity index is 848. The van der Waals surface area contributed by atoms with E-state index in [9.17, 15) is 14.7 Å². The fourth-order valence-corrected chi connectivity index (χ4v) is 3.98. The van der Waals surface area contributed by atoms with Crippen LogP contribution in [0.2, 0.25) is 0 Å². The first-order valence-electron chi connectivity index (χ1n) is 7.48. The van der Waals surface area contributed by atoms with E-state index in [1.54, 1.807) is 24.3 Å². The maximum absolute atomic E-state index is 12.9. The Morgan fingerprint density at radius 1 is 1.17 bits per heavy atom. The first-order chi connectivity index (χ1) is 11.0. The topological polar surface area (TPSA) is 66.4 Å². The highest BCUT2D eigenvalue weighted by atomic mass is 79.9. The number of anilines is 1. The second-order valence-electron chi connectivity index (χ2n) is 6.02. The largest absolute Gasteiger partial charge is 0.375 e. The van der Waals surface area contributed by atoms with E-state index in [4.69, 9.17) is 0 Å². The third kappa shape index (κ3) is 2.00. The maximum atomic E-state index is 12.9. The van der Waals surface area contributed by atoms with E-state index in [2.05, 4.69) is 21.2 Å². The molecule has 0 aromatic heterocycles. The highest BCUT2D eigenvalue weighted by Crippen LogP contribution is 2.46. The normalized spacial score (nSPS) is 25.7. The van der Waals surface area contributed by atoms with Gasteiger partial charge >= 0.3 is 0 Å². The van der Waals surface area contributed by atoms with Gasteiger partial charge in [-0.25, -0.2) is 0 Å². The molecule has 116 valence electrons. The molecular weight excluding hydrogens is 358 g/mol. The molecule has 2 unspecified atom stereocenters. The number of aliphatic hydroxyl groups is 1. The molecule has 2 aromatic rings. The molecule has 5 heteroatoms. The van der Waals surface area contributed by atoms with Gasteiger partial charge in [-0.15, -0.1) is 0 Å². The zero-order valence-corrected chi connectivity index (χ0v) is 13.8.